The van der Waals surface area contributed by atoms with Gasteiger partial charge in [0.25, 0.3) is 0 Å². The molecular formula is C12H16ClNO2. The van der Waals surface area contributed by atoms with Crippen molar-refractivity contribution < 1.29 is 9.90 Å². The quantitative estimate of drug-likeness (QED) is 0.836. The minimum absolute atomic E-state index is 0.0524. The predicted octanol–water partition coefficient (Wildman–Crippen LogP) is 2.50. The topological polar surface area (TPSA) is 49.3 Å². The van der Waals surface area contributed by atoms with Gasteiger partial charge in [-0.1, -0.05) is 17.7 Å². The lowest BCUT2D eigenvalue weighted by molar-refractivity contribution is -0.121. The molecule has 0 unspecified atom stereocenters. The van der Waals surface area contributed by atoms with Crippen molar-refractivity contribution in [2.45, 2.75) is 32.7 Å². The lowest BCUT2D eigenvalue weighted by Crippen LogP contribution is -2.41. The monoisotopic (exact) mass is 241 g/mol. The maximum atomic E-state index is 11.7. The minimum Gasteiger partial charge on any atom is -0.508 e. The molecule has 0 saturated heterocycles. The van der Waals surface area contributed by atoms with Crippen molar-refractivity contribution in [2.24, 2.45) is 0 Å². The molecule has 2 N–H and O–H groups in total. The largest absolute Gasteiger partial charge is 0.508 e. The third-order valence-electron chi connectivity index (χ3n) is 1.95. The summed E-state index contributed by atoms with van der Waals surface area (Å²) in [6, 6.07) is 4.81. The van der Waals surface area contributed by atoms with Crippen LogP contribution in [0.25, 0.3) is 0 Å². The molecule has 0 aliphatic heterocycles. The van der Waals surface area contributed by atoms with Crippen molar-refractivity contribution in [1.82, 2.24) is 5.32 Å². The Morgan fingerprint density at radius 1 is 1.44 bits per heavy atom. The summed E-state index contributed by atoms with van der Waals surface area (Å²) in [6.07, 6.45) is 0.0861. The first-order valence-electron chi connectivity index (χ1n) is 5.07. The van der Waals surface area contributed by atoms with Crippen LogP contribution in [0.4, 0.5) is 0 Å². The van der Waals surface area contributed by atoms with E-state index in [4.69, 9.17) is 11.6 Å². The number of hydrogen-bond acceptors (Lipinski definition) is 2. The lowest BCUT2D eigenvalue weighted by atomic mass is 10.1. The highest BCUT2D eigenvalue weighted by Gasteiger charge is 2.16. The summed E-state index contributed by atoms with van der Waals surface area (Å²) >= 11 is 5.90. The maximum absolute atomic E-state index is 11.7. The van der Waals surface area contributed by atoms with Gasteiger partial charge in [0.15, 0.2) is 0 Å². The summed E-state index contributed by atoms with van der Waals surface area (Å²) in [4.78, 5) is 11.7. The number of rotatable bonds is 2. The Morgan fingerprint density at radius 2 is 2.06 bits per heavy atom. The number of carbonyl (C=O) groups is 1. The average Bonchev–Trinajstić information content (AvgIpc) is 2.08. The fraction of sp³-hybridized carbons (Fsp3) is 0.417. The summed E-state index contributed by atoms with van der Waals surface area (Å²) in [7, 11) is 0. The molecule has 0 aromatic heterocycles. The predicted molar refractivity (Wildman–Crippen MR) is 64.7 cm³/mol. The van der Waals surface area contributed by atoms with Gasteiger partial charge in [0.2, 0.25) is 5.91 Å². The average molecular weight is 242 g/mol. The number of amides is 1. The van der Waals surface area contributed by atoms with Gasteiger partial charge in [-0.05, 0) is 32.9 Å². The van der Waals surface area contributed by atoms with Gasteiger partial charge in [0, 0.05) is 16.1 Å². The molecule has 0 radical (unpaired) electrons. The molecule has 0 bridgehead atoms. The van der Waals surface area contributed by atoms with Gasteiger partial charge >= 0.3 is 0 Å². The van der Waals surface area contributed by atoms with Gasteiger partial charge < -0.3 is 10.4 Å². The summed E-state index contributed by atoms with van der Waals surface area (Å²) < 4.78 is 0. The fourth-order valence-electron chi connectivity index (χ4n) is 1.35. The maximum Gasteiger partial charge on any atom is 0.225 e. The zero-order valence-corrected chi connectivity index (χ0v) is 10.4. The van der Waals surface area contributed by atoms with Crippen molar-refractivity contribution in [3.05, 3.63) is 28.8 Å². The summed E-state index contributed by atoms with van der Waals surface area (Å²) in [5, 5.41) is 12.8. The smallest absolute Gasteiger partial charge is 0.225 e. The van der Waals surface area contributed by atoms with Crippen LogP contribution >= 0.6 is 11.6 Å². The third kappa shape index (κ3) is 3.74. The second-order valence-electron chi connectivity index (χ2n) is 4.71. The lowest BCUT2D eigenvalue weighted by Gasteiger charge is -2.20. The Kier molecular flexibility index (Phi) is 3.81. The van der Waals surface area contributed by atoms with Crippen LogP contribution < -0.4 is 5.32 Å². The van der Waals surface area contributed by atoms with E-state index < -0.39 is 0 Å². The summed E-state index contributed by atoms with van der Waals surface area (Å²) in [5.74, 6) is -0.104. The molecule has 0 aliphatic rings. The van der Waals surface area contributed by atoms with Crippen LogP contribution in [0.2, 0.25) is 5.02 Å². The molecule has 1 amide bonds. The van der Waals surface area contributed by atoms with E-state index in [0.29, 0.717) is 10.6 Å². The number of phenolic OH excluding ortho intramolecular Hbond substituents is 1. The van der Waals surface area contributed by atoms with Crippen LogP contribution in [-0.4, -0.2) is 16.6 Å². The van der Waals surface area contributed by atoms with E-state index in [0.717, 1.165) is 0 Å². The van der Waals surface area contributed by atoms with Crippen molar-refractivity contribution in [3.8, 4) is 5.75 Å². The van der Waals surface area contributed by atoms with Crippen molar-refractivity contribution >= 4 is 17.5 Å². The van der Waals surface area contributed by atoms with Gasteiger partial charge in [-0.3, -0.25) is 4.79 Å². The summed E-state index contributed by atoms with van der Waals surface area (Å²) in [5.41, 5.74) is 0.180. The molecule has 0 spiro atoms. The van der Waals surface area contributed by atoms with Crippen LogP contribution in [0.5, 0.6) is 5.75 Å². The third-order valence-corrected chi connectivity index (χ3v) is 2.30. The van der Waals surface area contributed by atoms with Crippen LogP contribution in [0.1, 0.15) is 26.3 Å². The molecule has 0 saturated carbocycles. The second kappa shape index (κ2) is 4.74. The molecule has 0 aliphatic carbocycles. The molecular weight excluding hydrogens is 226 g/mol. The molecule has 4 heteroatoms. The minimum atomic E-state index is -0.284. The standard InChI is InChI=1S/C12H16ClNO2/c1-12(2,3)14-11(16)7-8-9(13)5-4-6-10(8)15/h4-6,15H,7H2,1-3H3,(H,14,16). The Labute approximate surface area is 100 Å². The number of aromatic hydroxyl groups is 1. The number of phenols is 1. The van der Waals surface area contributed by atoms with Crippen molar-refractivity contribution in [1.29, 1.82) is 0 Å². The Morgan fingerprint density at radius 3 is 2.56 bits per heavy atom. The highest BCUT2D eigenvalue weighted by Crippen LogP contribution is 2.25. The fourth-order valence-corrected chi connectivity index (χ4v) is 1.58. The van der Waals surface area contributed by atoms with Gasteiger partial charge in [-0.25, -0.2) is 0 Å². The van der Waals surface area contributed by atoms with Crippen molar-refractivity contribution in [3.63, 3.8) is 0 Å². The van der Waals surface area contributed by atoms with Crippen LogP contribution in [-0.2, 0) is 11.2 Å². The highest BCUT2D eigenvalue weighted by atomic mass is 35.5. The van der Waals surface area contributed by atoms with Gasteiger partial charge in [0.1, 0.15) is 5.75 Å². The highest BCUT2D eigenvalue weighted by molar-refractivity contribution is 6.31. The first-order chi connectivity index (χ1) is 7.29. The molecule has 3 nitrogen and oxygen atoms in total. The first-order valence-corrected chi connectivity index (χ1v) is 5.45. The van der Waals surface area contributed by atoms with E-state index in [1.54, 1.807) is 12.1 Å². The SMILES string of the molecule is CC(C)(C)NC(=O)Cc1c(O)cccc1Cl. The van der Waals surface area contributed by atoms with Crippen LogP contribution in [0.15, 0.2) is 18.2 Å². The van der Waals surface area contributed by atoms with E-state index in [1.165, 1.54) is 6.07 Å². The molecule has 0 fully saturated rings. The van der Waals surface area contributed by atoms with Crippen LogP contribution in [0.3, 0.4) is 0 Å². The van der Waals surface area contributed by atoms with E-state index in [1.807, 2.05) is 20.8 Å². The zero-order valence-electron chi connectivity index (χ0n) is 9.67. The molecule has 0 atom stereocenters. The molecule has 1 rings (SSSR count). The molecule has 1 aromatic rings. The Hall–Kier alpha value is -1.22. The van der Waals surface area contributed by atoms with E-state index in [9.17, 15) is 9.90 Å². The van der Waals surface area contributed by atoms with Gasteiger partial charge in [-0.2, -0.15) is 0 Å². The van der Waals surface area contributed by atoms with Gasteiger partial charge in [0.05, 0.1) is 6.42 Å². The number of carbonyl (C=O) groups excluding carboxylic acids is 1. The number of benzene rings is 1. The number of halogens is 1. The zero-order chi connectivity index (χ0) is 12.3. The van der Waals surface area contributed by atoms with Crippen molar-refractivity contribution in [2.75, 3.05) is 0 Å². The normalized spacial score (nSPS) is 11.2. The number of hydrogen-bond donors (Lipinski definition) is 2. The van der Waals surface area contributed by atoms with E-state index in [-0.39, 0.29) is 23.6 Å². The van der Waals surface area contributed by atoms with E-state index in [2.05, 4.69) is 5.32 Å². The molecule has 1 aromatic carbocycles. The Bertz CT molecular complexity index is 376. The molecule has 88 valence electrons. The Balaban J connectivity index is 2.78. The summed E-state index contributed by atoms with van der Waals surface area (Å²) in [6.45, 7) is 5.70. The first kappa shape index (κ1) is 12.8. The molecule has 16 heavy (non-hydrogen) atoms. The second-order valence-corrected chi connectivity index (χ2v) is 5.12. The van der Waals surface area contributed by atoms with Gasteiger partial charge in [-0.15, -0.1) is 0 Å². The number of nitrogens with one attached hydrogen (secondary N) is 1. The van der Waals surface area contributed by atoms with E-state index >= 15 is 0 Å². The van der Waals surface area contributed by atoms with Crippen LogP contribution in [0, 0.1) is 0 Å². The molecule has 0 heterocycles.